The fourth-order valence-corrected chi connectivity index (χ4v) is 3.80. The van der Waals surface area contributed by atoms with E-state index in [4.69, 9.17) is 4.74 Å². The first-order valence-electron chi connectivity index (χ1n) is 8.68. The summed E-state index contributed by atoms with van der Waals surface area (Å²) in [5.74, 6) is 1.50. The zero-order valence-corrected chi connectivity index (χ0v) is 14.8. The van der Waals surface area contributed by atoms with Crippen molar-refractivity contribution in [1.82, 2.24) is 20.2 Å². The summed E-state index contributed by atoms with van der Waals surface area (Å²) in [7, 11) is 1.62. The van der Waals surface area contributed by atoms with Gasteiger partial charge in [-0.25, -0.2) is 14.8 Å². The standard InChI is InChI=1S/C17H27N5O2/c1-13(2)20-16(23)22-8-6-17(11-22)5-4-7-21(10-17)14-9-15(24-3)19-12-18-14/h9,12-13H,4-8,10-11H2,1-3H3,(H,20,23)/t17-/m0/s1. The van der Waals surface area contributed by atoms with Gasteiger partial charge in [-0.3, -0.25) is 0 Å². The van der Waals surface area contributed by atoms with Crippen LogP contribution in [-0.4, -0.2) is 60.2 Å². The number of methoxy groups -OCH3 is 1. The molecule has 1 spiro atoms. The number of carbonyl (C=O) groups is 1. The lowest BCUT2D eigenvalue weighted by atomic mass is 9.79. The summed E-state index contributed by atoms with van der Waals surface area (Å²) in [4.78, 5) is 25.0. The van der Waals surface area contributed by atoms with Crippen molar-refractivity contribution >= 4 is 11.8 Å². The lowest BCUT2D eigenvalue weighted by Crippen LogP contribution is -2.47. The van der Waals surface area contributed by atoms with Gasteiger partial charge in [0.15, 0.2) is 0 Å². The van der Waals surface area contributed by atoms with Crippen LogP contribution in [0.25, 0.3) is 0 Å². The monoisotopic (exact) mass is 333 g/mol. The predicted octanol–water partition coefficient (Wildman–Crippen LogP) is 1.90. The van der Waals surface area contributed by atoms with Crippen LogP contribution in [0.1, 0.15) is 33.1 Å². The van der Waals surface area contributed by atoms with E-state index in [-0.39, 0.29) is 17.5 Å². The Bertz CT molecular complexity index is 594. The predicted molar refractivity (Wildman–Crippen MR) is 92.3 cm³/mol. The third kappa shape index (κ3) is 3.55. The average Bonchev–Trinajstić information content (AvgIpc) is 2.98. The summed E-state index contributed by atoms with van der Waals surface area (Å²) in [6.45, 7) is 7.56. The van der Waals surface area contributed by atoms with Crippen LogP contribution in [0.4, 0.5) is 10.6 Å². The molecule has 0 radical (unpaired) electrons. The fourth-order valence-electron chi connectivity index (χ4n) is 3.80. The number of nitrogens with zero attached hydrogens (tertiary/aromatic N) is 4. The molecule has 1 aromatic heterocycles. The number of hydrogen-bond donors (Lipinski definition) is 1. The molecular weight excluding hydrogens is 306 g/mol. The van der Waals surface area contributed by atoms with E-state index in [1.807, 2.05) is 24.8 Å². The molecule has 1 N–H and O–H groups in total. The molecule has 2 amide bonds. The largest absolute Gasteiger partial charge is 0.481 e. The SMILES string of the molecule is COc1cc(N2CCC[C@]3(CCN(C(=O)NC(C)C)C3)C2)ncn1. The highest BCUT2D eigenvalue weighted by Gasteiger charge is 2.43. The zero-order valence-electron chi connectivity index (χ0n) is 14.8. The molecule has 0 saturated carbocycles. The number of amides is 2. The van der Waals surface area contributed by atoms with E-state index in [1.165, 1.54) is 0 Å². The molecule has 2 fully saturated rings. The summed E-state index contributed by atoms with van der Waals surface area (Å²) in [6.07, 6.45) is 4.88. The molecule has 3 heterocycles. The van der Waals surface area contributed by atoms with Crippen LogP contribution >= 0.6 is 0 Å². The Kier molecular flexibility index (Phi) is 4.78. The van der Waals surface area contributed by atoms with Crippen molar-refractivity contribution in [1.29, 1.82) is 0 Å². The van der Waals surface area contributed by atoms with Crippen molar-refractivity contribution in [3.05, 3.63) is 12.4 Å². The van der Waals surface area contributed by atoms with Gasteiger partial charge >= 0.3 is 6.03 Å². The van der Waals surface area contributed by atoms with Gasteiger partial charge in [-0.2, -0.15) is 0 Å². The van der Waals surface area contributed by atoms with Crippen molar-refractivity contribution in [3.8, 4) is 5.88 Å². The second kappa shape index (κ2) is 6.83. The third-order valence-electron chi connectivity index (χ3n) is 4.96. The van der Waals surface area contributed by atoms with E-state index in [1.54, 1.807) is 13.4 Å². The summed E-state index contributed by atoms with van der Waals surface area (Å²) in [5.41, 5.74) is 0.171. The van der Waals surface area contributed by atoms with Crippen LogP contribution in [0, 0.1) is 5.41 Å². The minimum Gasteiger partial charge on any atom is -0.481 e. The first-order valence-corrected chi connectivity index (χ1v) is 8.68. The van der Waals surface area contributed by atoms with Gasteiger partial charge in [0.25, 0.3) is 0 Å². The molecule has 2 aliphatic rings. The molecule has 0 unspecified atom stereocenters. The maximum Gasteiger partial charge on any atom is 0.317 e. The Hall–Kier alpha value is -2.05. The van der Waals surface area contributed by atoms with Gasteiger partial charge in [-0.1, -0.05) is 0 Å². The van der Waals surface area contributed by atoms with Crippen LogP contribution < -0.4 is 15.0 Å². The van der Waals surface area contributed by atoms with Crippen LogP contribution in [0.2, 0.25) is 0 Å². The van der Waals surface area contributed by atoms with Gasteiger partial charge in [-0.15, -0.1) is 0 Å². The maximum atomic E-state index is 12.3. The van der Waals surface area contributed by atoms with Gasteiger partial charge in [-0.05, 0) is 33.1 Å². The molecular formula is C17H27N5O2. The van der Waals surface area contributed by atoms with Crippen molar-refractivity contribution in [2.24, 2.45) is 5.41 Å². The molecule has 24 heavy (non-hydrogen) atoms. The van der Waals surface area contributed by atoms with E-state index >= 15 is 0 Å². The topological polar surface area (TPSA) is 70.6 Å². The summed E-state index contributed by atoms with van der Waals surface area (Å²) in [6, 6.07) is 2.12. The highest BCUT2D eigenvalue weighted by atomic mass is 16.5. The molecule has 3 rings (SSSR count). The molecule has 7 nitrogen and oxygen atoms in total. The van der Waals surface area contributed by atoms with Crippen LogP contribution in [0.3, 0.4) is 0 Å². The highest BCUT2D eigenvalue weighted by molar-refractivity contribution is 5.74. The summed E-state index contributed by atoms with van der Waals surface area (Å²) >= 11 is 0. The van der Waals surface area contributed by atoms with Gasteiger partial charge < -0.3 is 19.9 Å². The molecule has 2 saturated heterocycles. The molecule has 7 heteroatoms. The summed E-state index contributed by atoms with van der Waals surface area (Å²) < 4.78 is 5.21. The van der Waals surface area contributed by atoms with E-state index in [0.717, 1.165) is 51.3 Å². The molecule has 2 aliphatic heterocycles. The van der Waals surface area contributed by atoms with Crippen LogP contribution in [0.5, 0.6) is 5.88 Å². The lowest BCUT2D eigenvalue weighted by molar-refractivity contribution is 0.190. The smallest absolute Gasteiger partial charge is 0.317 e. The molecule has 0 aliphatic carbocycles. The number of aromatic nitrogens is 2. The number of urea groups is 1. The Labute approximate surface area is 143 Å². The van der Waals surface area contributed by atoms with E-state index in [2.05, 4.69) is 20.2 Å². The van der Waals surface area contributed by atoms with E-state index in [0.29, 0.717) is 5.88 Å². The first kappa shape index (κ1) is 16.8. The average molecular weight is 333 g/mol. The number of nitrogens with one attached hydrogen (secondary N) is 1. The quantitative estimate of drug-likeness (QED) is 0.915. The van der Waals surface area contributed by atoms with Gasteiger partial charge in [0, 0.05) is 43.7 Å². The van der Waals surface area contributed by atoms with Crippen molar-refractivity contribution in [2.45, 2.75) is 39.2 Å². The second-order valence-corrected chi connectivity index (χ2v) is 7.22. The van der Waals surface area contributed by atoms with Crippen molar-refractivity contribution < 1.29 is 9.53 Å². The Morgan fingerprint density at radius 2 is 2.12 bits per heavy atom. The molecule has 1 aromatic rings. The van der Waals surface area contributed by atoms with Crippen LogP contribution in [-0.2, 0) is 0 Å². The number of carbonyl (C=O) groups excluding carboxylic acids is 1. The number of piperidine rings is 1. The number of anilines is 1. The Balaban J connectivity index is 1.68. The Morgan fingerprint density at radius 1 is 1.29 bits per heavy atom. The molecule has 1 atom stereocenters. The van der Waals surface area contributed by atoms with Gasteiger partial charge in [0.05, 0.1) is 7.11 Å². The second-order valence-electron chi connectivity index (χ2n) is 7.22. The minimum absolute atomic E-state index is 0.0581. The van der Waals surface area contributed by atoms with Crippen molar-refractivity contribution in [2.75, 3.05) is 38.2 Å². The van der Waals surface area contributed by atoms with Gasteiger partial charge in [0.1, 0.15) is 12.1 Å². The molecule has 0 aromatic carbocycles. The fraction of sp³-hybridized carbons (Fsp3) is 0.706. The maximum absolute atomic E-state index is 12.3. The minimum atomic E-state index is 0.0581. The number of ether oxygens (including phenoxy) is 1. The molecule has 132 valence electrons. The Morgan fingerprint density at radius 3 is 2.88 bits per heavy atom. The zero-order chi connectivity index (χ0) is 17.2. The molecule has 0 bridgehead atoms. The van der Waals surface area contributed by atoms with Crippen molar-refractivity contribution in [3.63, 3.8) is 0 Å². The normalized spacial score (nSPS) is 23.8. The third-order valence-corrected chi connectivity index (χ3v) is 4.96. The van der Waals surface area contributed by atoms with E-state index in [9.17, 15) is 4.79 Å². The van der Waals surface area contributed by atoms with E-state index < -0.39 is 0 Å². The lowest BCUT2D eigenvalue weighted by Gasteiger charge is -2.41. The number of rotatable bonds is 3. The summed E-state index contributed by atoms with van der Waals surface area (Å²) in [5, 5.41) is 3.00. The highest BCUT2D eigenvalue weighted by Crippen LogP contribution is 2.40. The number of likely N-dealkylation sites (tertiary alicyclic amines) is 1. The van der Waals surface area contributed by atoms with Crippen LogP contribution in [0.15, 0.2) is 12.4 Å². The number of hydrogen-bond acceptors (Lipinski definition) is 5. The first-order chi connectivity index (χ1) is 11.5. The van der Waals surface area contributed by atoms with Gasteiger partial charge in [0.2, 0.25) is 5.88 Å².